The van der Waals surface area contributed by atoms with Crippen molar-refractivity contribution in [2.45, 2.75) is 32.4 Å². The van der Waals surface area contributed by atoms with E-state index < -0.39 is 23.9 Å². The van der Waals surface area contributed by atoms with Crippen LogP contribution in [-0.2, 0) is 16.0 Å². The Kier molecular flexibility index (Phi) is 9.73. The van der Waals surface area contributed by atoms with Crippen LogP contribution in [0.3, 0.4) is 0 Å². The first-order valence-corrected chi connectivity index (χ1v) is 13.6. The minimum absolute atomic E-state index is 0.0174. The fourth-order valence-electron chi connectivity index (χ4n) is 4.91. The molecule has 8 nitrogen and oxygen atoms in total. The number of hydrogen-bond acceptors (Lipinski definition) is 5. The van der Waals surface area contributed by atoms with E-state index in [-0.39, 0.29) is 55.0 Å². The lowest BCUT2D eigenvalue weighted by atomic mass is 10.0. The fourth-order valence-corrected chi connectivity index (χ4v) is 4.91. The molecule has 1 aliphatic rings. The number of hydrogen-bond donors (Lipinski definition) is 1. The molecule has 1 aliphatic heterocycles. The smallest absolute Gasteiger partial charge is 0.257 e. The van der Waals surface area contributed by atoms with Crippen molar-refractivity contribution in [1.29, 1.82) is 0 Å². The van der Waals surface area contributed by atoms with Gasteiger partial charge in [-0.2, -0.15) is 0 Å². The standard InChI is InChI=1S/C32H36FN3O5/c1-21-18-36(32(39)25-12-8-9-13-27(25)33)22(2)20-41-28-15-14-24(34-30(37)16-23-10-6-5-7-11-23)17-26(28)31(38)35(3)19-29(21)40-4/h5-15,17,21-22,29H,16,18-20H2,1-4H3,(H,34,37)/t21-,22+,29+/m0/s1. The molecule has 0 spiro atoms. The quantitative estimate of drug-likeness (QED) is 0.490. The number of ether oxygens (including phenoxy) is 2. The van der Waals surface area contributed by atoms with Crippen LogP contribution in [0.25, 0.3) is 0 Å². The van der Waals surface area contributed by atoms with Gasteiger partial charge in [-0.05, 0) is 42.8 Å². The van der Waals surface area contributed by atoms with Crippen molar-refractivity contribution in [3.8, 4) is 5.75 Å². The average molecular weight is 562 g/mol. The number of fused-ring (bicyclic) bond motifs is 1. The zero-order valence-electron chi connectivity index (χ0n) is 23.8. The lowest BCUT2D eigenvalue weighted by Gasteiger charge is -2.36. The Morgan fingerprint density at radius 2 is 1.73 bits per heavy atom. The van der Waals surface area contributed by atoms with E-state index in [0.29, 0.717) is 11.4 Å². The molecule has 216 valence electrons. The predicted molar refractivity (Wildman–Crippen MR) is 155 cm³/mol. The van der Waals surface area contributed by atoms with Crippen LogP contribution < -0.4 is 10.1 Å². The normalized spacial score (nSPS) is 19.8. The minimum atomic E-state index is -0.592. The first-order chi connectivity index (χ1) is 19.7. The van der Waals surface area contributed by atoms with Crippen molar-refractivity contribution >= 4 is 23.4 Å². The van der Waals surface area contributed by atoms with Crippen LogP contribution in [-0.4, -0.2) is 73.5 Å². The molecule has 3 aromatic rings. The van der Waals surface area contributed by atoms with Gasteiger partial charge in [0.2, 0.25) is 5.91 Å². The summed E-state index contributed by atoms with van der Waals surface area (Å²) >= 11 is 0. The largest absolute Gasteiger partial charge is 0.491 e. The highest BCUT2D eigenvalue weighted by molar-refractivity contribution is 6.00. The van der Waals surface area contributed by atoms with Gasteiger partial charge in [-0.3, -0.25) is 14.4 Å². The Labute approximate surface area is 240 Å². The molecule has 0 bridgehead atoms. The maximum atomic E-state index is 14.6. The number of nitrogens with one attached hydrogen (secondary N) is 1. The van der Waals surface area contributed by atoms with E-state index in [4.69, 9.17) is 9.47 Å². The van der Waals surface area contributed by atoms with Gasteiger partial charge >= 0.3 is 0 Å². The van der Waals surface area contributed by atoms with E-state index in [1.54, 1.807) is 49.4 Å². The van der Waals surface area contributed by atoms with Crippen molar-refractivity contribution in [2.75, 3.05) is 39.2 Å². The van der Waals surface area contributed by atoms with E-state index in [0.717, 1.165) is 5.56 Å². The van der Waals surface area contributed by atoms with Crippen LogP contribution in [0.5, 0.6) is 5.75 Å². The number of carbonyl (C=O) groups is 3. The highest BCUT2D eigenvalue weighted by Gasteiger charge is 2.31. The Balaban J connectivity index is 1.63. The topological polar surface area (TPSA) is 88.2 Å². The lowest BCUT2D eigenvalue weighted by molar-refractivity contribution is -0.115. The SMILES string of the molecule is CO[C@@H]1CN(C)C(=O)c2cc(NC(=O)Cc3ccccc3)ccc2OC[C@@H](C)N(C(=O)c2ccccc2F)C[C@@H]1C. The second-order valence-corrected chi connectivity index (χ2v) is 10.5. The summed E-state index contributed by atoms with van der Waals surface area (Å²) in [6.07, 6.45) is -0.205. The van der Waals surface area contributed by atoms with Crippen LogP contribution in [0, 0.1) is 11.7 Å². The lowest BCUT2D eigenvalue weighted by Crippen LogP contribution is -2.48. The number of anilines is 1. The molecule has 0 saturated heterocycles. The highest BCUT2D eigenvalue weighted by Crippen LogP contribution is 2.27. The van der Waals surface area contributed by atoms with Crippen molar-refractivity contribution in [3.05, 3.63) is 95.3 Å². The summed E-state index contributed by atoms with van der Waals surface area (Å²) in [5.41, 5.74) is 1.59. The number of carbonyl (C=O) groups excluding carboxylic acids is 3. The van der Waals surface area contributed by atoms with Crippen LogP contribution in [0.4, 0.5) is 10.1 Å². The minimum Gasteiger partial charge on any atom is -0.491 e. The number of rotatable bonds is 5. The summed E-state index contributed by atoms with van der Waals surface area (Å²) in [5.74, 6) is -1.41. The summed E-state index contributed by atoms with van der Waals surface area (Å²) in [5, 5.41) is 2.87. The molecule has 3 aromatic carbocycles. The Morgan fingerprint density at radius 3 is 2.44 bits per heavy atom. The number of halogens is 1. The maximum Gasteiger partial charge on any atom is 0.257 e. The number of methoxy groups -OCH3 is 1. The van der Waals surface area contributed by atoms with Crippen LogP contribution in [0.1, 0.15) is 40.1 Å². The monoisotopic (exact) mass is 561 g/mol. The van der Waals surface area contributed by atoms with Crippen LogP contribution in [0.15, 0.2) is 72.8 Å². The first kappa shape index (κ1) is 29.7. The number of nitrogens with zero attached hydrogens (tertiary/aromatic N) is 2. The van der Waals surface area contributed by atoms with Crippen molar-refractivity contribution < 1.29 is 28.2 Å². The second kappa shape index (κ2) is 13.4. The maximum absolute atomic E-state index is 14.6. The molecule has 0 fully saturated rings. The van der Waals surface area contributed by atoms with Gasteiger partial charge in [0.25, 0.3) is 11.8 Å². The first-order valence-electron chi connectivity index (χ1n) is 13.6. The van der Waals surface area contributed by atoms with E-state index in [9.17, 15) is 18.8 Å². The average Bonchev–Trinajstić information content (AvgIpc) is 2.97. The molecule has 41 heavy (non-hydrogen) atoms. The second-order valence-electron chi connectivity index (χ2n) is 10.5. The van der Waals surface area contributed by atoms with Gasteiger partial charge in [0.1, 0.15) is 18.2 Å². The summed E-state index contributed by atoms with van der Waals surface area (Å²) in [7, 11) is 3.23. The zero-order valence-corrected chi connectivity index (χ0v) is 23.8. The summed E-state index contributed by atoms with van der Waals surface area (Å²) in [4.78, 5) is 42.9. The van der Waals surface area contributed by atoms with Gasteiger partial charge < -0.3 is 24.6 Å². The molecule has 9 heteroatoms. The van der Waals surface area contributed by atoms with E-state index in [2.05, 4.69) is 5.32 Å². The zero-order chi connectivity index (χ0) is 29.5. The molecule has 0 aliphatic carbocycles. The third-order valence-corrected chi connectivity index (χ3v) is 7.30. The van der Waals surface area contributed by atoms with Gasteiger partial charge in [-0.15, -0.1) is 0 Å². The van der Waals surface area contributed by atoms with Gasteiger partial charge in [-0.1, -0.05) is 49.4 Å². The number of likely N-dealkylation sites (N-methyl/N-ethyl adjacent to an activating group) is 1. The molecule has 0 aromatic heterocycles. The van der Waals surface area contributed by atoms with Crippen LogP contribution >= 0.6 is 0 Å². The van der Waals surface area contributed by atoms with E-state index in [1.165, 1.54) is 17.0 Å². The molecule has 0 saturated carbocycles. The molecular weight excluding hydrogens is 525 g/mol. The van der Waals surface area contributed by atoms with E-state index >= 15 is 0 Å². The Hall–Kier alpha value is -4.24. The van der Waals surface area contributed by atoms with E-state index in [1.807, 2.05) is 44.2 Å². The molecule has 4 rings (SSSR count). The molecule has 3 amide bonds. The van der Waals surface area contributed by atoms with Crippen molar-refractivity contribution in [3.63, 3.8) is 0 Å². The molecule has 0 radical (unpaired) electrons. The fraction of sp³-hybridized carbons (Fsp3) is 0.344. The highest BCUT2D eigenvalue weighted by atomic mass is 19.1. The summed E-state index contributed by atoms with van der Waals surface area (Å²) in [6.45, 7) is 4.34. The summed E-state index contributed by atoms with van der Waals surface area (Å²) in [6, 6.07) is 19.7. The van der Waals surface area contributed by atoms with Gasteiger partial charge in [0, 0.05) is 38.9 Å². The van der Waals surface area contributed by atoms with Crippen LogP contribution in [0.2, 0.25) is 0 Å². The molecule has 1 N–H and O–H groups in total. The number of benzene rings is 3. The molecule has 0 unspecified atom stereocenters. The predicted octanol–water partition coefficient (Wildman–Crippen LogP) is 4.65. The number of amides is 3. The Morgan fingerprint density at radius 1 is 1.02 bits per heavy atom. The van der Waals surface area contributed by atoms with Crippen molar-refractivity contribution in [2.24, 2.45) is 5.92 Å². The third kappa shape index (κ3) is 7.29. The third-order valence-electron chi connectivity index (χ3n) is 7.30. The summed E-state index contributed by atoms with van der Waals surface area (Å²) < 4.78 is 26.4. The molecular formula is C32H36FN3O5. The van der Waals surface area contributed by atoms with Gasteiger partial charge in [0.05, 0.1) is 29.7 Å². The van der Waals surface area contributed by atoms with Crippen molar-refractivity contribution in [1.82, 2.24) is 9.80 Å². The van der Waals surface area contributed by atoms with Gasteiger partial charge in [0.15, 0.2) is 0 Å². The molecule has 1 heterocycles. The Bertz CT molecular complexity index is 1380. The molecule has 3 atom stereocenters. The van der Waals surface area contributed by atoms with Gasteiger partial charge in [-0.25, -0.2) is 4.39 Å².